The number of hydrogen-bond donors (Lipinski definition) is 0. The van der Waals surface area contributed by atoms with Crippen LogP contribution in [0.15, 0.2) is 30.7 Å². The SMILES string of the molecule is CC.Cn1cc2cc(-c3cn4cc(C5CCB(C#N)CC5)nc4s3)cc(Cl)c2n1. The molecule has 0 aliphatic carbocycles. The molecule has 4 heterocycles. The number of benzene rings is 1. The van der Waals surface area contributed by atoms with Crippen LogP contribution in [0.5, 0.6) is 0 Å². The van der Waals surface area contributed by atoms with Crippen LogP contribution >= 0.6 is 22.9 Å². The van der Waals surface area contributed by atoms with Crippen molar-refractivity contribution in [1.29, 1.82) is 5.26 Å². The first-order valence-electron chi connectivity index (χ1n) is 10.1. The molecule has 1 fully saturated rings. The molecular weight excluding hydrogens is 401 g/mol. The summed E-state index contributed by atoms with van der Waals surface area (Å²) in [7, 11) is 1.90. The van der Waals surface area contributed by atoms with E-state index in [1.165, 1.54) is 0 Å². The van der Waals surface area contributed by atoms with E-state index in [0.717, 1.165) is 57.5 Å². The second-order valence-electron chi connectivity index (χ2n) is 7.33. The second-order valence-corrected chi connectivity index (χ2v) is 8.74. The first-order chi connectivity index (χ1) is 14.1. The van der Waals surface area contributed by atoms with E-state index in [9.17, 15) is 0 Å². The molecule has 0 saturated carbocycles. The van der Waals surface area contributed by atoms with E-state index in [1.807, 2.05) is 33.2 Å². The molecule has 5 nitrogen and oxygen atoms in total. The predicted molar refractivity (Wildman–Crippen MR) is 122 cm³/mol. The number of nitrogens with zero attached hydrogens (tertiary/aromatic N) is 5. The van der Waals surface area contributed by atoms with Gasteiger partial charge in [0.25, 0.3) is 6.71 Å². The Kier molecular flexibility index (Phi) is 5.66. The minimum atomic E-state index is 0.226. The zero-order chi connectivity index (χ0) is 20.5. The van der Waals surface area contributed by atoms with Gasteiger partial charge in [-0.1, -0.05) is 62.3 Å². The zero-order valence-electron chi connectivity index (χ0n) is 16.9. The van der Waals surface area contributed by atoms with Crippen molar-refractivity contribution in [2.24, 2.45) is 7.05 Å². The summed E-state index contributed by atoms with van der Waals surface area (Å²) in [5, 5.41) is 15.2. The first-order valence-corrected chi connectivity index (χ1v) is 11.3. The number of aromatic nitrogens is 4. The topological polar surface area (TPSA) is 58.9 Å². The molecule has 0 amide bonds. The summed E-state index contributed by atoms with van der Waals surface area (Å²) in [5.41, 5.74) is 3.08. The highest BCUT2D eigenvalue weighted by atomic mass is 35.5. The van der Waals surface area contributed by atoms with Gasteiger partial charge in [-0.05, 0) is 17.7 Å². The Labute approximate surface area is 180 Å². The molecule has 0 N–H and O–H groups in total. The summed E-state index contributed by atoms with van der Waals surface area (Å²) in [6.45, 7) is 4.23. The fourth-order valence-electron chi connectivity index (χ4n) is 4.02. The van der Waals surface area contributed by atoms with Crippen LogP contribution in [-0.4, -0.2) is 25.9 Å². The van der Waals surface area contributed by atoms with Gasteiger partial charge in [-0.3, -0.25) is 9.08 Å². The van der Waals surface area contributed by atoms with Crippen LogP contribution in [0.1, 0.15) is 38.3 Å². The van der Waals surface area contributed by atoms with Gasteiger partial charge in [0.2, 0.25) is 0 Å². The second kappa shape index (κ2) is 8.21. The van der Waals surface area contributed by atoms with E-state index < -0.39 is 0 Å². The molecule has 29 heavy (non-hydrogen) atoms. The Morgan fingerprint density at radius 2 is 1.97 bits per heavy atom. The van der Waals surface area contributed by atoms with Gasteiger partial charge in [0.05, 0.1) is 15.6 Å². The Morgan fingerprint density at radius 3 is 2.66 bits per heavy atom. The summed E-state index contributed by atoms with van der Waals surface area (Å²) < 4.78 is 3.90. The third-order valence-corrected chi connectivity index (χ3v) is 6.80. The molecule has 3 aromatic heterocycles. The van der Waals surface area contributed by atoms with E-state index in [4.69, 9.17) is 21.8 Å². The number of imidazole rings is 1. The predicted octanol–water partition coefficient (Wildman–Crippen LogP) is 6.06. The van der Waals surface area contributed by atoms with Crippen molar-refractivity contribution >= 4 is 45.5 Å². The lowest BCUT2D eigenvalue weighted by Gasteiger charge is -2.21. The monoisotopic (exact) mass is 423 g/mol. The zero-order valence-corrected chi connectivity index (χ0v) is 18.5. The number of halogens is 1. The van der Waals surface area contributed by atoms with Gasteiger partial charge in [0.15, 0.2) is 4.96 Å². The highest BCUT2D eigenvalue weighted by Crippen LogP contribution is 2.37. The van der Waals surface area contributed by atoms with Crippen molar-refractivity contribution in [1.82, 2.24) is 19.2 Å². The molecule has 0 bridgehead atoms. The van der Waals surface area contributed by atoms with E-state index in [0.29, 0.717) is 10.9 Å². The Balaban J connectivity index is 0.000000994. The molecule has 1 aliphatic heterocycles. The molecule has 1 saturated heterocycles. The van der Waals surface area contributed by atoms with Crippen LogP contribution in [0.3, 0.4) is 0 Å². The van der Waals surface area contributed by atoms with Crippen LogP contribution in [0.25, 0.3) is 26.3 Å². The molecule has 5 rings (SSSR count). The van der Waals surface area contributed by atoms with Gasteiger partial charge < -0.3 is 0 Å². The van der Waals surface area contributed by atoms with Crippen LogP contribution in [-0.2, 0) is 7.05 Å². The van der Waals surface area contributed by atoms with Gasteiger partial charge in [0, 0.05) is 42.9 Å². The third-order valence-electron chi connectivity index (χ3n) is 5.46. The molecule has 4 aromatic rings. The standard InChI is InChI=1S/C19H17BClN5S.C2H6/c1-25-8-14-6-13(7-15(21)18(14)24-25)17-10-26-9-16(23-19(26)27-17)12-2-4-20(11-22)5-3-12;1-2/h6-10,12H,2-5H2,1H3;1-2H3. The van der Waals surface area contributed by atoms with E-state index >= 15 is 0 Å². The van der Waals surface area contributed by atoms with Crippen LogP contribution in [0.4, 0.5) is 0 Å². The maximum atomic E-state index is 9.07. The lowest BCUT2D eigenvalue weighted by atomic mass is 9.41. The molecule has 1 aliphatic rings. The van der Waals surface area contributed by atoms with Gasteiger partial charge in [-0.2, -0.15) is 5.10 Å². The van der Waals surface area contributed by atoms with Crippen molar-refractivity contribution in [3.63, 3.8) is 0 Å². The van der Waals surface area contributed by atoms with Gasteiger partial charge in [-0.15, -0.1) is 0 Å². The van der Waals surface area contributed by atoms with Gasteiger partial charge in [0.1, 0.15) is 5.52 Å². The fourth-order valence-corrected chi connectivity index (χ4v) is 5.24. The van der Waals surface area contributed by atoms with E-state index in [-0.39, 0.29) is 6.71 Å². The Hall–Kier alpha value is -2.30. The molecule has 0 unspecified atom stereocenters. The maximum absolute atomic E-state index is 9.07. The summed E-state index contributed by atoms with van der Waals surface area (Å²) >= 11 is 8.11. The minimum Gasteiger partial charge on any atom is -0.297 e. The molecule has 0 radical (unpaired) electrons. The van der Waals surface area contributed by atoms with Gasteiger partial charge >= 0.3 is 0 Å². The number of fused-ring (bicyclic) bond motifs is 2. The van der Waals surface area contributed by atoms with Crippen molar-refractivity contribution < 1.29 is 0 Å². The van der Waals surface area contributed by atoms with Crippen molar-refractivity contribution in [3.8, 4) is 16.4 Å². The number of thiazole rings is 1. The number of hydrogen-bond acceptors (Lipinski definition) is 4. The maximum Gasteiger partial charge on any atom is 0.267 e. The number of rotatable bonds is 2. The summed E-state index contributed by atoms with van der Waals surface area (Å²) in [6.07, 6.45) is 10.4. The van der Waals surface area contributed by atoms with Crippen molar-refractivity contribution in [2.45, 2.75) is 45.2 Å². The molecular formula is C21H23BClN5S. The largest absolute Gasteiger partial charge is 0.297 e. The average molecular weight is 424 g/mol. The first kappa shape index (κ1) is 20.0. The Morgan fingerprint density at radius 1 is 1.21 bits per heavy atom. The fraction of sp³-hybridized carbons (Fsp3) is 0.381. The van der Waals surface area contributed by atoms with Crippen LogP contribution in [0, 0.1) is 11.2 Å². The minimum absolute atomic E-state index is 0.226. The van der Waals surface area contributed by atoms with E-state index in [1.54, 1.807) is 16.0 Å². The van der Waals surface area contributed by atoms with Crippen LogP contribution < -0.4 is 0 Å². The molecule has 8 heteroatoms. The van der Waals surface area contributed by atoms with E-state index in [2.05, 4.69) is 33.9 Å². The highest BCUT2D eigenvalue weighted by molar-refractivity contribution is 7.20. The highest BCUT2D eigenvalue weighted by Gasteiger charge is 2.27. The Bertz CT molecular complexity index is 1160. The summed E-state index contributed by atoms with van der Waals surface area (Å²) in [4.78, 5) is 7.02. The quantitative estimate of drug-likeness (QED) is 0.368. The van der Waals surface area contributed by atoms with Crippen molar-refractivity contribution in [2.75, 3.05) is 0 Å². The molecule has 0 atom stereocenters. The molecule has 148 valence electrons. The summed E-state index contributed by atoms with van der Waals surface area (Å²) in [6, 6.07) is 4.11. The average Bonchev–Trinajstić information content (AvgIpc) is 3.42. The number of nitriles is 1. The van der Waals surface area contributed by atoms with Crippen molar-refractivity contribution in [3.05, 3.63) is 41.4 Å². The normalized spacial score (nSPS) is 14.8. The van der Waals surface area contributed by atoms with Crippen LogP contribution in [0.2, 0.25) is 17.7 Å². The smallest absolute Gasteiger partial charge is 0.267 e. The number of aryl methyl sites for hydroxylation is 1. The van der Waals surface area contributed by atoms with Gasteiger partial charge in [-0.25, -0.2) is 10.2 Å². The third kappa shape index (κ3) is 3.79. The summed E-state index contributed by atoms with van der Waals surface area (Å²) in [5.74, 6) is 2.88. The lowest BCUT2D eigenvalue weighted by molar-refractivity contribution is 0.598. The lowest BCUT2D eigenvalue weighted by Crippen LogP contribution is -2.18. The molecule has 1 aromatic carbocycles. The molecule has 0 spiro atoms.